The van der Waals surface area contributed by atoms with E-state index in [0.29, 0.717) is 29.2 Å². The fourth-order valence-corrected chi connectivity index (χ4v) is 3.83. The van der Waals surface area contributed by atoms with Gasteiger partial charge in [0, 0.05) is 22.7 Å². The number of methoxy groups -OCH3 is 1. The number of amides is 3. The summed E-state index contributed by atoms with van der Waals surface area (Å²) < 4.78 is 5.10. The number of hydrogen-bond acceptors (Lipinski definition) is 5. The molecule has 1 aliphatic rings. The zero-order chi connectivity index (χ0) is 21.0. The van der Waals surface area contributed by atoms with Crippen molar-refractivity contribution in [3.05, 3.63) is 48.0 Å². The van der Waals surface area contributed by atoms with E-state index in [1.807, 2.05) is 19.9 Å². The van der Waals surface area contributed by atoms with Crippen molar-refractivity contribution in [2.75, 3.05) is 30.8 Å². The summed E-state index contributed by atoms with van der Waals surface area (Å²) in [6, 6.07) is 12.2. The molecule has 0 unspecified atom stereocenters. The molecule has 3 rings (SSSR count). The maximum absolute atomic E-state index is 12.9. The molecule has 0 fully saturated rings. The molecule has 29 heavy (non-hydrogen) atoms. The average Bonchev–Trinajstić information content (AvgIpc) is 2.72. The highest BCUT2D eigenvalue weighted by atomic mass is 32.2. The third-order valence-electron chi connectivity index (χ3n) is 4.53. The Morgan fingerprint density at radius 2 is 1.93 bits per heavy atom. The van der Waals surface area contributed by atoms with Gasteiger partial charge in [0.15, 0.2) is 0 Å². The Kier molecular flexibility index (Phi) is 6.43. The van der Waals surface area contributed by atoms with E-state index >= 15 is 0 Å². The van der Waals surface area contributed by atoms with Gasteiger partial charge in [0.1, 0.15) is 12.3 Å². The number of fused-ring (bicyclic) bond motifs is 1. The van der Waals surface area contributed by atoms with Gasteiger partial charge in [-0.05, 0) is 56.3 Å². The summed E-state index contributed by atoms with van der Waals surface area (Å²) in [5, 5.41) is 5.43. The van der Waals surface area contributed by atoms with E-state index in [-0.39, 0.29) is 29.5 Å². The van der Waals surface area contributed by atoms with Crippen LogP contribution >= 0.6 is 11.8 Å². The number of rotatable bonds is 6. The molecule has 152 valence electrons. The van der Waals surface area contributed by atoms with Crippen LogP contribution in [0, 0.1) is 0 Å². The lowest BCUT2D eigenvalue weighted by molar-refractivity contribution is -0.117. The van der Waals surface area contributed by atoms with E-state index < -0.39 is 0 Å². The van der Waals surface area contributed by atoms with Crippen LogP contribution in [-0.4, -0.2) is 48.1 Å². The zero-order valence-electron chi connectivity index (χ0n) is 16.5. The van der Waals surface area contributed by atoms with Gasteiger partial charge >= 0.3 is 0 Å². The number of carbonyl (C=O) groups is 3. The fourth-order valence-electron chi connectivity index (χ4n) is 2.90. The van der Waals surface area contributed by atoms with E-state index in [0.717, 1.165) is 4.90 Å². The third-order valence-corrected chi connectivity index (χ3v) is 5.71. The second-order valence-corrected chi connectivity index (χ2v) is 7.94. The Morgan fingerprint density at radius 3 is 2.59 bits per heavy atom. The second-order valence-electron chi connectivity index (χ2n) is 6.56. The molecule has 0 saturated carbocycles. The van der Waals surface area contributed by atoms with Gasteiger partial charge in [0.2, 0.25) is 11.8 Å². The van der Waals surface area contributed by atoms with Gasteiger partial charge in [-0.25, -0.2) is 0 Å². The molecule has 1 atom stereocenters. The Hall–Kier alpha value is -3.00. The van der Waals surface area contributed by atoms with Crippen LogP contribution in [0.5, 0.6) is 5.75 Å². The molecule has 0 aromatic heterocycles. The summed E-state index contributed by atoms with van der Waals surface area (Å²) in [6.45, 7) is 3.96. The number of nitrogens with zero attached hydrogens (tertiary/aromatic N) is 1. The monoisotopic (exact) mass is 413 g/mol. The smallest absolute Gasteiger partial charge is 0.254 e. The van der Waals surface area contributed by atoms with Crippen LogP contribution in [-0.2, 0) is 9.59 Å². The summed E-state index contributed by atoms with van der Waals surface area (Å²) in [5.41, 5.74) is 1.68. The van der Waals surface area contributed by atoms with Crippen LogP contribution in [0.2, 0.25) is 0 Å². The number of likely N-dealkylation sites (N-methyl/N-ethyl adjacent to an activating group) is 1. The van der Waals surface area contributed by atoms with Crippen LogP contribution in [0.1, 0.15) is 24.2 Å². The first-order chi connectivity index (χ1) is 13.9. The molecule has 0 bridgehead atoms. The molecule has 1 heterocycles. The minimum atomic E-state index is -0.291. The van der Waals surface area contributed by atoms with Gasteiger partial charge in [-0.15, -0.1) is 11.8 Å². The highest BCUT2D eigenvalue weighted by molar-refractivity contribution is 8.00. The highest BCUT2D eigenvalue weighted by Gasteiger charge is 2.25. The SMILES string of the molecule is CCN(CC(=O)Nc1ccc(OC)cc1)C(=O)c1ccc2c(c1)NC(=O)[C@@H](C)S2. The molecule has 2 aromatic carbocycles. The molecule has 0 saturated heterocycles. The Labute approximate surface area is 173 Å². The van der Waals surface area contributed by atoms with Crippen molar-refractivity contribution in [2.45, 2.75) is 24.0 Å². The Bertz CT molecular complexity index is 930. The van der Waals surface area contributed by atoms with Gasteiger partial charge < -0.3 is 20.3 Å². The van der Waals surface area contributed by atoms with Gasteiger partial charge in [0.25, 0.3) is 5.91 Å². The fraction of sp³-hybridized carbons (Fsp3) is 0.286. The lowest BCUT2D eigenvalue weighted by atomic mass is 10.1. The summed E-state index contributed by atoms with van der Waals surface area (Å²) >= 11 is 1.46. The van der Waals surface area contributed by atoms with E-state index in [1.165, 1.54) is 16.7 Å². The number of ether oxygens (including phenoxy) is 1. The first kappa shape index (κ1) is 20.7. The largest absolute Gasteiger partial charge is 0.497 e. The Balaban J connectivity index is 1.67. The molecule has 2 N–H and O–H groups in total. The molecule has 7 nitrogen and oxygen atoms in total. The standard InChI is InChI=1S/C21H23N3O4S/c1-4-24(12-19(25)22-15-6-8-16(28-3)9-7-15)21(27)14-5-10-18-17(11-14)23-20(26)13(2)29-18/h5-11,13H,4,12H2,1-3H3,(H,22,25)(H,23,26)/t13-/m1/s1. The number of nitrogens with one attached hydrogen (secondary N) is 2. The number of carbonyl (C=O) groups excluding carboxylic acids is 3. The van der Waals surface area contributed by atoms with Crippen molar-refractivity contribution in [1.82, 2.24) is 4.90 Å². The summed E-state index contributed by atoms with van der Waals surface area (Å²) in [7, 11) is 1.57. The van der Waals surface area contributed by atoms with Crippen molar-refractivity contribution in [2.24, 2.45) is 0 Å². The summed E-state index contributed by atoms with van der Waals surface area (Å²) in [6.07, 6.45) is 0. The highest BCUT2D eigenvalue weighted by Crippen LogP contribution is 2.36. The van der Waals surface area contributed by atoms with Gasteiger partial charge in [-0.2, -0.15) is 0 Å². The number of thioether (sulfide) groups is 1. The first-order valence-corrected chi connectivity index (χ1v) is 10.1. The molecule has 8 heteroatoms. The minimum Gasteiger partial charge on any atom is -0.497 e. The molecular formula is C21H23N3O4S. The third kappa shape index (κ3) is 4.89. The van der Waals surface area contributed by atoms with Crippen LogP contribution in [0.15, 0.2) is 47.4 Å². The number of anilines is 2. The molecular weight excluding hydrogens is 390 g/mol. The van der Waals surface area contributed by atoms with Gasteiger partial charge in [-0.3, -0.25) is 14.4 Å². The number of hydrogen-bond donors (Lipinski definition) is 2. The number of benzene rings is 2. The van der Waals surface area contributed by atoms with Crippen LogP contribution in [0.4, 0.5) is 11.4 Å². The van der Waals surface area contributed by atoms with Crippen molar-refractivity contribution >= 4 is 40.9 Å². The Morgan fingerprint density at radius 1 is 1.21 bits per heavy atom. The maximum atomic E-state index is 12.9. The normalized spacial score (nSPS) is 15.1. The topological polar surface area (TPSA) is 87.7 Å². The molecule has 1 aliphatic heterocycles. The van der Waals surface area contributed by atoms with Gasteiger partial charge in [0.05, 0.1) is 18.0 Å². The van der Waals surface area contributed by atoms with Gasteiger partial charge in [-0.1, -0.05) is 0 Å². The predicted molar refractivity (Wildman–Crippen MR) is 114 cm³/mol. The zero-order valence-corrected chi connectivity index (χ0v) is 17.3. The molecule has 0 spiro atoms. The molecule has 3 amide bonds. The van der Waals surface area contributed by atoms with Crippen LogP contribution in [0.25, 0.3) is 0 Å². The lowest BCUT2D eigenvalue weighted by Crippen LogP contribution is -2.38. The average molecular weight is 413 g/mol. The van der Waals surface area contributed by atoms with Crippen molar-refractivity contribution < 1.29 is 19.1 Å². The predicted octanol–water partition coefficient (Wildman–Crippen LogP) is 3.23. The summed E-state index contributed by atoms with van der Waals surface area (Å²) in [5.74, 6) is 0.0535. The van der Waals surface area contributed by atoms with E-state index in [4.69, 9.17) is 4.74 Å². The second kappa shape index (κ2) is 9.00. The van der Waals surface area contributed by atoms with Crippen molar-refractivity contribution in [3.8, 4) is 5.75 Å². The molecule has 0 radical (unpaired) electrons. The molecule has 0 aliphatic carbocycles. The minimum absolute atomic E-state index is 0.0728. The van der Waals surface area contributed by atoms with Crippen LogP contribution < -0.4 is 15.4 Å². The lowest BCUT2D eigenvalue weighted by Gasteiger charge is -2.24. The quantitative estimate of drug-likeness (QED) is 0.759. The van der Waals surface area contributed by atoms with Crippen LogP contribution in [0.3, 0.4) is 0 Å². The van der Waals surface area contributed by atoms with E-state index in [1.54, 1.807) is 43.5 Å². The van der Waals surface area contributed by atoms with E-state index in [9.17, 15) is 14.4 Å². The molecule has 2 aromatic rings. The van der Waals surface area contributed by atoms with Crippen molar-refractivity contribution in [1.29, 1.82) is 0 Å². The van der Waals surface area contributed by atoms with Crippen molar-refractivity contribution in [3.63, 3.8) is 0 Å². The van der Waals surface area contributed by atoms with E-state index in [2.05, 4.69) is 10.6 Å². The first-order valence-electron chi connectivity index (χ1n) is 9.26. The maximum Gasteiger partial charge on any atom is 0.254 e. The summed E-state index contributed by atoms with van der Waals surface area (Å²) in [4.78, 5) is 39.6.